The highest BCUT2D eigenvalue weighted by Gasteiger charge is 2.27. The highest BCUT2D eigenvalue weighted by molar-refractivity contribution is 5.85. The molecule has 9 nitrogen and oxygen atoms in total. The van der Waals surface area contributed by atoms with Crippen LogP contribution in [0.3, 0.4) is 0 Å². The zero-order chi connectivity index (χ0) is 24.4. The van der Waals surface area contributed by atoms with E-state index in [0.717, 1.165) is 35.4 Å². The topological polar surface area (TPSA) is 128 Å². The van der Waals surface area contributed by atoms with Crippen LogP contribution in [0.2, 0.25) is 0 Å². The molecule has 3 heterocycles. The number of rotatable bonds is 6. The lowest BCUT2D eigenvalue weighted by Crippen LogP contribution is -2.28. The smallest absolute Gasteiger partial charge is 0.150 e. The first-order valence-electron chi connectivity index (χ1n) is 11.3. The molecule has 5 rings (SSSR count). The van der Waals surface area contributed by atoms with Crippen LogP contribution in [0, 0.1) is 11.3 Å². The normalized spacial score (nSPS) is 17.7. The molecule has 1 fully saturated rings. The van der Waals surface area contributed by atoms with E-state index in [1.165, 1.54) is 7.11 Å². The molecule has 178 valence electrons. The van der Waals surface area contributed by atoms with Gasteiger partial charge in [0, 0.05) is 23.9 Å². The number of anilines is 1. The second kappa shape index (κ2) is 9.62. The molecule has 1 aliphatic heterocycles. The molecule has 3 N–H and O–H groups in total. The number of aliphatic hydroxyl groups excluding tert-OH is 1. The fourth-order valence-corrected chi connectivity index (χ4v) is 4.41. The fraction of sp³-hybridized carbons (Fsp3) is 0.269. The Morgan fingerprint density at radius 2 is 2.00 bits per heavy atom. The third-order valence-electron chi connectivity index (χ3n) is 6.22. The van der Waals surface area contributed by atoms with E-state index in [4.69, 9.17) is 24.9 Å². The Hall–Kier alpha value is -4.13. The maximum Gasteiger partial charge on any atom is 0.150 e. The monoisotopic (exact) mass is 471 g/mol. The van der Waals surface area contributed by atoms with Crippen LogP contribution in [0.4, 0.5) is 5.82 Å². The first-order valence-corrected chi connectivity index (χ1v) is 11.3. The van der Waals surface area contributed by atoms with Crippen molar-refractivity contribution in [1.29, 1.82) is 5.26 Å². The zero-order valence-electron chi connectivity index (χ0n) is 19.2. The highest BCUT2D eigenvalue weighted by Crippen LogP contribution is 2.36. The van der Waals surface area contributed by atoms with E-state index >= 15 is 0 Å². The summed E-state index contributed by atoms with van der Waals surface area (Å²) in [6.45, 7) is 0.512. The number of nitrogen functional groups attached to an aromatic ring is 1. The standard InChI is InChI=1S/C26H25N5O4/c1-33-21-3-2-4-22(20(21)13-27)35-18-8-5-16(6-9-18)23-24-25(28)29-11-12-31(24)26(30-23)17-7-10-19(14-32)34-15-17/h2-6,8-9,11-12,17,19,32H,7,10,14-15H2,1H3,(H2,28,29). The first-order chi connectivity index (χ1) is 17.1. The number of aliphatic hydroxyl groups is 1. The van der Waals surface area contributed by atoms with E-state index < -0.39 is 0 Å². The summed E-state index contributed by atoms with van der Waals surface area (Å²) in [4.78, 5) is 9.23. The molecule has 0 amide bonds. The van der Waals surface area contributed by atoms with Gasteiger partial charge in [-0.05, 0) is 49.2 Å². The minimum absolute atomic E-state index is 0.0250. The van der Waals surface area contributed by atoms with Crippen molar-refractivity contribution in [1.82, 2.24) is 14.4 Å². The predicted molar refractivity (Wildman–Crippen MR) is 129 cm³/mol. The molecule has 0 spiro atoms. The summed E-state index contributed by atoms with van der Waals surface area (Å²) in [7, 11) is 1.52. The number of nitrogens with zero attached hydrogens (tertiary/aromatic N) is 4. The number of hydrogen-bond acceptors (Lipinski definition) is 8. The Balaban J connectivity index is 1.47. The Morgan fingerprint density at radius 1 is 1.20 bits per heavy atom. The van der Waals surface area contributed by atoms with Crippen molar-refractivity contribution >= 4 is 11.3 Å². The predicted octanol–water partition coefficient (Wildman–Crippen LogP) is 3.91. The van der Waals surface area contributed by atoms with E-state index in [0.29, 0.717) is 35.2 Å². The Morgan fingerprint density at radius 3 is 2.69 bits per heavy atom. The van der Waals surface area contributed by atoms with E-state index in [1.807, 2.05) is 34.9 Å². The van der Waals surface area contributed by atoms with Crippen LogP contribution in [0.1, 0.15) is 30.1 Å². The molecule has 0 radical (unpaired) electrons. The number of nitrogens with two attached hydrogens (primary N) is 1. The maximum absolute atomic E-state index is 9.51. The molecule has 2 unspecified atom stereocenters. The molecule has 2 aromatic heterocycles. The Labute approximate surface area is 202 Å². The lowest BCUT2D eigenvalue weighted by atomic mass is 9.98. The molecular weight excluding hydrogens is 446 g/mol. The van der Waals surface area contributed by atoms with Gasteiger partial charge in [-0.3, -0.25) is 4.40 Å². The molecule has 1 aliphatic rings. The van der Waals surface area contributed by atoms with Crippen LogP contribution in [-0.4, -0.2) is 45.9 Å². The molecule has 0 bridgehead atoms. The van der Waals surface area contributed by atoms with Crippen molar-refractivity contribution < 1.29 is 19.3 Å². The molecule has 9 heteroatoms. The molecule has 35 heavy (non-hydrogen) atoms. The highest BCUT2D eigenvalue weighted by atomic mass is 16.5. The Kier molecular flexibility index (Phi) is 6.23. The number of benzene rings is 2. The average molecular weight is 472 g/mol. The molecular formula is C26H25N5O4. The number of nitriles is 1. The molecule has 1 saturated heterocycles. The summed E-state index contributed by atoms with van der Waals surface area (Å²) in [5, 5.41) is 18.9. The number of hydrogen-bond donors (Lipinski definition) is 2. The SMILES string of the molecule is COc1cccc(Oc2ccc(-c3nc(C4CCC(CO)OC4)n4ccnc(N)c34)cc2)c1C#N. The third-order valence-corrected chi connectivity index (χ3v) is 6.22. The Bertz CT molecular complexity index is 1390. The molecule has 2 aromatic carbocycles. The number of imidazole rings is 1. The van der Waals surface area contributed by atoms with Gasteiger partial charge in [0.25, 0.3) is 0 Å². The quantitative estimate of drug-likeness (QED) is 0.433. The van der Waals surface area contributed by atoms with Crippen LogP contribution in [0.5, 0.6) is 17.2 Å². The molecule has 4 aromatic rings. The number of methoxy groups -OCH3 is 1. The van der Waals surface area contributed by atoms with Crippen molar-refractivity contribution in [3.8, 4) is 34.6 Å². The molecule has 2 atom stereocenters. The average Bonchev–Trinajstić information content (AvgIpc) is 3.30. The fourth-order valence-electron chi connectivity index (χ4n) is 4.41. The van der Waals surface area contributed by atoms with Gasteiger partial charge in [-0.1, -0.05) is 6.07 Å². The largest absolute Gasteiger partial charge is 0.495 e. The number of fused-ring (bicyclic) bond motifs is 1. The summed E-state index contributed by atoms with van der Waals surface area (Å²) < 4.78 is 19.0. The second-order valence-electron chi connectivity index (χ2n) is 8.33. The van der Waals surface area contributed by atoms with Crippen molar-refractivity contribution in [2.75, 3.05) is 26.1 Å². The van der Waals surface area contributed by atoms with Crippen LogP contribution >= 0.6 is 0 Å². The van der Waals surface area contributed by atoms with Gasteiger partial charge >= 0.3 is 0 Å². The van der Waals surface area contributed by atoms with Gasteiger partial charge in [0.15, 0.2) is 0 Å². The minimum Gasteiger partial charge on any atom is -0.495 e. The first kappa shape index (κ1) is 22.7. The van der Waals surface area contributed by atoms with Gasteiger partial charge < -0.3 is 25.1 Å². The van der Waals surface area contributed by atoms with Gasteiger partial charge in [0.1, 0.15) is 51.7 Å². The van der Waals surface area contributed by atoms with Gasteiger partial charge in [0.2, 0.25) is 0 Å². The summed E-state index contributed by atoms with van der Waals surface area (Å²) in [5.41, 5.74) is 8.92. The van der Waals surface area contributed by atoms with E-state index in [-0.39, 0.29) is 18.6 Å². The van der Waals surface area contributed by atoms with Crippen molar-refractivity contribution in [2.45, 2.75) is 24.9 Å². The van der Waals surface area contributed by atoms with Gasteiger partial charge in [-0.25, -0.2) is 9.97 Å². The van der Waals surface area contributed by atoms with Crippen LogP contribution < -0.4 is 15.2 Å². The lowest BCUT2D eigenvalue weighted by Gasteiger charge is -2.27. The lowest BCUT2D eigenvalue weighted by molar-refractivity contribution is -0.0282. The van der Waals surface area contributed by atoms with E-state index in [1.54, 1.807) is 24.4 Å². The minimum atomic E-state index is -0.123. The molecule has 0 aliphatic carbocycles. The summed E-state index contributed by atoms with van der Waals surface area (Å²) in [6, 6.07) is 14.8. The van der Waals surface area contributed by atoms with Gasteiger partial charge in [-0.2, -0.15) is 5.26 Å². The number of ether oxygens (including phenoxy) is 3. The third kappa shape index (κ3) is 4.25. The van der Waals surface area contributed by atoms with E-state index in [2.05, 4.69) is 11.1 Å². The second-order valence-corrected chi connectivity index (χ2v) is 8.33. The van der Waals surface area contributed by atoms with Crippen molar-refractivity contribution in [3.63, 3.8) is 0 Å². The zero-order valence-corrected chi connectivity index (χ0v) is 19.2. The summed E-state index contributed by atoms with van der Waals surface area (Å²) in [6.07, 6.45) is 5.03. The van der Waals surface area contributed by atoms with Gasteiger partial charge in [-0.15, -0.1) is 0 Å². The maximum atomic E-state index is 9.51. The van der Waals surface area contributed by atoms with Crippen molar-refractivity contribution in [2.24, 2.45) is 0 Å². The number of aromatic nitrogens is 3. The van der Waals surface area contributed by atoms with E-state index in [9.17, 15) is 10.4 Å². The van der Waals surface area contributed by atoms with Gasteiger partial charge in [0.05, 0.1) is 26.4 Å². The van der Waals surface area contributed by atoms with Crippen molar-refractivity contribution in [3.05, 3.63) is 66.2 Å². The van der Waals surface area contributed by atoms with Crippen LogP contribution in [0.15, 0.2) is 54.9 Å². The summed E-state index contributed by atoms with van der Waals surface area (Å²) >= 11 is 0. The van der Waals surface area contributed by atoms with Crippen LogP contribution in [-0.2, 0) is 4.74 Å². The summed E-state index contributed by atoms with van der Waals surface area (Å²) in [5.74, 6) is 2.78. The van der Waals surface area contributed by atoms with Crippen LogP contribution in [0.25, 0.3) is 16.8 Å². The molecule has 0 saturated carbocycles.